The van der Waals surface area contributed by atoms with Gasteiger partial charge in [-0.1, -0.05) is 109 Å². The predicted molar refractivity (Wildman–Crippen MR) is 142 cm³/mol. The van der Waals surface area contributed by atoms with E-state index >= 15 is 4.79 Å². The molecule has 0 spiro atoms. The average molecular weight is 505 g/mol. The average Bonchev–Trinajstić information content (AvgIpc) is 3.52. The van der Waals surface area contributed by atoms with Gasteiger partial charge in [-0.05, 0) is 16.7 Å². The van der Waals surface area contributed by atoms with E-state index < -0.39 is 28.5 Å². The smallest absolute Gasteiger partial charge is 0.215 e. The van der Waals surface area contributed by atoms with Crippen LogP contribution in [0.4, 0.5) is 0 Å². The van der Waals surface area contributed by atoms with Gasteiger partial charge >= 0.3 is 0 Å². The molecule has 0 N–H and O–H groups in total. The number of carbonyl (C=O) groups excluding carboxylic acids is 1. The largest absolute Gasteiger partial charge is 0.367 e. The minimum Gasteiger partial charge on any atom is -0.367 e. The van der Waals surface area contributed by atoms with E-state index in [4.69, 9.17) is 18.9 Å². The number of ether oxygens (including phenoxy) is 4. The SMILES string of the molecule is CO[C@@]1(c2ccccc2)O[C@]2(OC)c3ccccc3[C@]3(OC)c4ccccc4[C@H]1[C@]23C(=O)c1ccccc1. The zero-order chi connectivity index (χ0) is 26.2. The van der Waals surface area contributed by atoms with Crippen LogP contribution in [0.2, 0.25) is 0 Å². The molecule has 4 aromatic carbocycles. The zero-order valence-corrected chi connectivity index (χ0v) is 21.5. The van der Waals surface area contributed by atoms with Crippen molar-refractivity contribution < 1.29 is 23.7 Å². The van der Waals surface area contributed by atoms with Crippen LogP contribution in [0.25, 0.3) is 0 Å². The summed E-state index contributed by atoms with van der Waals surface area (Å²) in [7, 11) is 4.93. The lowest BCUT2D eigenvalue weighted by atomic mass is 9.60. The fourth-order valence-corrected chi connectivity index (χ4v) is 7.81. The molecule has 190 valence electrons. The van der Waals surface area contributed by atoms with E-state index in [2.05, 4.69) is 12.1 Å². The number of Topliss-reactive ketones (excluding diaryl/α,β-unsaturated/α-hetero) is 1. The van der Waals surface area contributed by atoms with Gasteiger partial charge < -0.3 is 18.9 Å². The third-order valence-electron chi connectivity index (χ3n) is 8.96. The van der Waals surface area contributed by atoms with Crippen LogP contribution in [0.5, 0.6) is 0 Å². The van der Waals surface area contributed by atoms with Gasteiger partial charge in [0.1, 0.15) is 11.0 Å². The summed E-state index contributed by atoms with van der Waals surface area (Å²) in [5.41, 5.74) is 2.28. The Balaban J connectivity index is 1.71. The Morgan fingerprint density at radius 3 is 1.87 bits per heavy atom. The van der Waals surface area contributed by atoms with Crippen LogP contribution in [0.15, 0.2) is 109 Å². The number of methoxy groups -OCH3 is 3. The van der Waals surface area contributed by atoms with Crippen LogP contribution >= 0.6 is 0 Å². The summed E-state index contributed by atoms with van der Waals surface area (Å²) < 4.78 is 26.8. The number of ketones is 1. The van der Waals surface area contributed by atoms with Crippen LogP contribution in [0, 0.1) is 5.41 Å². The molecule has 4 aromatic rings. The molecule has 3 aliphatic rings. The first kappa shape index (κ1) is 23.5. The molecule has 0 aromatic heterocycles. The summed E-state index contributed by atoms with van der Waals surface area (Å²) in [5.74, 6) is -3.57. The second kappa shape index (κ2) is 7.95. The fraction of sp³-hybridized carbons (Fsp3) is 0.242. The number of fused-ring (bicyclic) bond motifs is 6. The van der Waals surface area contributed by atoms with Crippen molar-refractivity contribution in [3.05, 3.63) is 143 Å². The molecule has 38 heavy (non-hydrogen) atoms. The first-order valence-electron chi connectivity index (χ1n) is 12.8. The van der Waals surface area contributed by atoms with Crippen molar-refractivity contribution in [3.63, 3.8) is 0 Å². The molecular weight excluding hydrogens is 476 g/mol. The van der Waals surface area contributed by atoms with Gasteiger partial charge in [0.15, 0.2) is 5.78 Å². The topological polar surface area (TPSA) is 54.0 Å². The Morgan fingerprint density at radius 1 is 0.658 bits per heavy atom. The number of rotatable bonds is 6. The molecule has 1 aliphatic heterocycles. The van der Waals surface area contributed by atoms with Crippen molar-refractivity contribution >= 4 is 5.78 Å². The molecule has 5 heteroatoms. The fourth-order valence-electron chi connectivity index (χ4n) is 7.81. The second-order valence-electron chi connectivity index (χ2n) is 10.1. The van der Waals surface area contributed by atoms with E-state index in [0.29, 0.717) is 5.56 Å². The summed E-state index contributed by atoms with van der Waals surface area (Å²) >= 11 is 0. The standard InChI is InChI=1S/C33H28O5/c1-35-31-25-19-11-10-18-24(25)28-30(31,29(34)22-14-6-4-7-15-22)33(37-3,27-21-13-12-20-26(27)31)38-32(28,36-2)23-16-8-5-9-17-23/h4-21,28H,1-3H3/t28-,30+,31+,32-,33+/m0/s1. The lowest BCUT2D eigenvalue weighted by molar-refractivity contribution is -0.338. The molecular formula is C33H28O5. The molecule has 1 heterocycles. The maximum Gasteiger partial charge on any atom is 0.215 e. The summed E-state index contributed by atoms with van der Waals surface area (Å²) in [6.07, 6.45) is 0. The zero-order valence-electron chi connectivity index (χ0n) is 21.5. The second-order valence-corrected chi connectivity index (χ2v) is 10.1. The first-order valence-corrected chi connectivity index (χ1v) is 12.8. The highest BCUT2D eigenvalue weighted by Crippen LogP contribution is 2.83. The molecule has 1 fully saturated rings. The van der Waals surface area contributed by atoms with Gasteiger partial charge in [0, 0.05) is 38.0 Å². The van der Waals surface area contributed by atoms with Crippen molar-refractivity contribution in [2.75, 3.05) is 21.3 Å². The number of hydrogen-bond donors (Lipinski definition) is 0. The molecule has 5 nitrogen and oxygen atoms in total. The van der Waals surface area contributed by atoms with Crippen LogP contribution < -0.4 is 0 Å². The molecule has 0 bridgehead atoms. The first-order chi connectivity index (χ1) is 18.6. The van der Waals surface area contributed by atoms with Gasteiger partial charge in [0.2, 0.25) is 11.6 Å². The lowest BCUT2D eigenvalue weighted by Gasteiger charge is -2.45. The number of carbonyl (C=O) groups is 1. The van der Waals surface area contributed by atoms with Crippen LogP contribution in [-0.4, -0.2) is 27.1 Å². The minimum absolute atomic E-state index is 0.117. The number of hydrogen-bond acceptors (Lipinski definition) is 5. The normalized spacial score (nSPS) is 32.0. The maximum absolute atomic E-state index is 15.3. The highest BCUT2D eigenvalue weighted by atomic mass is 16.8. The highest BCUT2D eigenvalue weighted by Gasteiger charge is 2.90. The van der Waals surface area contributed by atoms with Gasteiger partial charge in [-0.25, -0.2) is 0 Å². The predicted octanol–water partition coefficient (Wildman–Crippen LogP) is 5.89. The van der Waals surface area contributed by atoms with Crippen molar-refractivity contribution in [2.24, 2.45) is 5.41 Å². The van der Waals surface area contributed by atoms with Crippen LogP contribution in [0.3, 0.4) is 0 Å². The molecule has 1 saturated heterocycles. The number of benzene rings is 4. The molecule has 2 aliphatic carbocycles. The Bertz CT molecular complexity index is 1550. The molecule has 5 atom stereocenters. The van der Waals surface area contributed by atoms with Gasteiger partial charge in [-0.15, -0.1) is 0 Å². The Labute approximate surface area is 221 Å². The third kappa shape index (κ3) is 2.32. The van der Waals surface area contributed by atoms with Gasteiger partial charge in [0.05, 0.1) is 5.92 Å². The summed E-state index contributed by atoms with van der Waals surface area (Å²) in [4.78, 5) is 15.3. The Hall–Kier alpha value is -3.61. The molecule has 0 amide bonds. The third-order valence-corrected chi connectivity index (χ3v) is 8.96. The van der Waals surface area contributed by atoms with Crippen LogP contribution in [-0.2, 0) is 36.1 Å². The molecule has 7 rings (SSSR count). The van der Waals surface area contributed by atoms with Crippen LogP contribution in [0.1, 0.15) is 44.1 Å². The minimum atomic E-state index is -1.51. The van der Waals surface area contributed by atoms with E-state index in [1.807, 2.05) is 97.1 Å². The van der Waals surface area contributed by atoms with Crippen molar-refractivity contribution in [2.45, 2.75) is 23.1 Å². The van der Waals surface area contributed by atoms with Crippen molar-refractivity contribution in [1.29, 1.82) is 0 Å². The lowest BCUT2D eigenvalue weighted by Crippen LogP contribution is -2.57. The quantitative estimate of drug-likeness (QED) is 0.307. The van der Waals surface area contributed by atoms with Gasteiger partial charge in [-0.3, -0.25) is 4.79 Å². The van der Waals surface area contributed by atoms with E-state index in [1.165, 1.54) is 0 Å². The summed E-state index contributed by atoms with van der Waals surface area (Å²) in [6.45, 7) is 0. The van der Waals surface area contributed by atoms with E-state index in [-0.39, 0.29) is 5.78 Å². The van der Waals surface area contributed by atoms with E-state index in [1.54, 1.807) is 21.3 Å². The molecule has 0 saturated carbocycles. The van der Waals surface area contributed by atoms with E-state index in [9.17, 15) is 0 Å². The summed E-state index contributed by atoms with van der Waals surface area (Å²) in [5, 5.41) is 0. The molecule has 0 unspecified atom stereocenters. The van der Waals surface area contributed by atoms with E-state index in [0.717, 1.165) is 27.8 Å². The van der Waals surface area contributed by atoms with Gasteiger partial charge in [-0.2, -0.15) is 0 Å². The highest BCUT2D eigenvalue weighted by molar-refractivity contribution is 6.06. The maximum atomic E-state index is 15.3. The Morgan fingerprint density at radius 2 is 1.24 bits per heavy atom. The van der Waals surface area contributed by atoms with Gasteiger partial charge in [0.25, 0.3) is 0 Å². The monoisotopic (exact) mass is 504 g/mol. The summed E-state index contributed by atoms with van der Waals surface area (Å²) in [6, 6.07) is 35.2. The van der Waals surface area contributed by atoms with Crippen molar-refractivity contribution in [1.82, 2.24) is 0 Å². The van der Waals surface area contributed by atoms with Crippen molar-refractivity contribution in [3.8, 4) is 0 Å². The Kier molecular flexibility index (Phi) is 4.92. The molecule has 0 radical (unpaired) electrons.